The van der Waals surface area contributed by atoms with Crippen LogP contribution in [0.25, 0.3) is 0 Å². The smallest absolute Gasteiger partial charge is 0.214 e. The Hall–Kier alpha value is -0.0500. The third-order valence-electron chi connectivity index (χ3n) is 0.970. The van der Waals surface area contributed by atoms with E-state index >= 15 is 0 Å². The largest absolute Gasteiger partial charge is 0.446 e. The van der Waals surface area contributed by atoms with Gasteiger partial charge in [-0.3, -0.25) is 0 Å². The van der Waals surface area contributed by atoms with Gasteiger partial charge in [0.05, 0.1) is 0 Å². The lowest BCUT2D eigenvalue weighted by molar-refractivity contribution is -0.0328. The second-order valence-electron chi connectivity index (χ2n) is 2.00. The van der Waals surface area contributed by atoms with E-state index in [1.807, 2.05) is 0 Å². The molecule has 1 rings (SSSR count). The number of hydrogen-bond acceptors (Lipinski definition) is 2. The molecule has 72 valence electrons. The Bertz CT molecular complexity index is 294. The topological polar surface area (TPSA) is 12.9 Å². The molecule has 0 radical (unpaired) electrons. The van der Waals surface area contributed by atoms with Crippen LogP contribution in [0, 0.1) is 9.65 Å². The van der Waals surface area contributed by atoms with Crippen molar-refractivity contribution < 1.29 is 17.6 Å². The molecule has 1 heterocycles. The summed E-state index contributed by atoms with van der Waals surface area (Å²) in [6.45, 7) is 0. The first-order chi connectivity index (χ1) is 5.87. The fraction of sp³-hybridized carbons (Fsp3) is 0.167. The summed E-state index contributed by atoms with van der Waals surface area (Å²) in [6.07, 6.45) is 0. The molecule has 0 saturated heterocycles. The third kappa shape index (κ3) is 4.12. The van der Waals surface area contributed by atoms with Gasteiger partial charge in [0.2, 0.25) is 5.95 Å². The van der Waals surface area contributed by atoms with E-state index in [9.17, 15) is 17.6 Å². The number of alkyl halides is 3. The van der Waals surface area contributed by atoms with Gasteiger partial charge in [0.15, 0.2) is 0 Å². The van der Waals surface area contributed by atoms with Crippen LogP contribution in [0.2, 0.25) is 0 Å². The van der Waals surface area contributed by atoms with Crippen LogP contribution in [0.3, 0.4) is 0 Å². The van der Waals surface area contributed by atoms with Crippen LogP contribution in [0.5, 0.6) is 0 Å². The zero-order valence-corrected chi connectivity index (χ0v) is 8.87. The highest BCUT2D eigenvalue weighted by atomic mass is 127. The molecule has 0 bridgehead atoms. The lowest BCUT2D eigenvalue weighted by atomic mass is 10.5. The van der Waals surface area contributed by atoms with Crippen LogP contribution in [-0.4, -0.2) is 10.5 Å². The first-order valence-corrected chi connectivity index (χ1v) is 4.85. The van der Waals surface area contributed by atoms with Gasteiger partial charge in [-0.05, 0) is 40.4 Å². The van der Waals surface area contributed by atoms with Gasteiger partial charge in [0.25, 0.3) is 0 Å². The molecule has 1 nitrogen and oxygen atoms in total. The average Bonchev–Trinajstić information content (AvgIpc) is 1.78. The molecule has 0 fully saturated rings. The Balaban J connectivity index is 2.90. The highest BCUT2D eigenvalue weighted by Crippen LogP contribution is 2.37. The first-order valence-electron chi connectivity index (χ1n) is 2.96. The molecule has 0 spiro atoms. The maximum Gasteiger partial charge on any atom is 0.446 e. The zero-order chi connectivity index (χ0) is 10.1. The van der Waals surface area contributed by atoms with Crippen molar-refractivity contribution in [2.45, 2.75) is 10.4 Å². The number of halogens is 5. The average molecular weight is 323 g/mol. The van der Waals surface area contributed by atoms with Crippen molar-refractivity contribution in [3.63, 3.8) is 0 Å². The van der Waals surface area contributed by atoms with Crippen molar-refractivity contribution in [3.05, 3.63) is 21.8 Å². The molecular weight excluding hydrogens is 321 g/mol. The number of aromatic nitrogens is 1. The molecule has 0 aromatic carbocycles. The van der Waals surface area contributed by atoms with Gasteiger partial charge in [0, 0.05) is 11.0 Å². The molecule has 0 unspecified atom stereocenters. The molecule has 0 aliphatic heterocycles. The van der Waals surface area contributed by atoms with Gasteiger partial charge in [0.1, 0.15) is 3.70 Å². The van der Waals surface area contributed by atoms with Gasteiger partial charge in [-0.2, -0.15) is 17.6 Å². The van der Waals surface area contributed by atoms with Crippen LogP contribution >= 0.6 is 34.4 Å². The number of nitrogens with zero attached hydrogens (tertiary/aromatic N) is 1. The van der Waals surface area contributed by atoms with E-state index in [-0.39, 0.29) is 20.4 Å². The van der Waals surface area contributed by atoms with E-state index in [1.54, 1.807) is 22.6 Å². The predicted molar refractivity (Wildman–Crippen MR) is 48.8 cm³/mol. The highest BCUT2D eigenvalue weighted by Gasteiger charge is 2.29. The molecule has 0 N–H and O–H groups in total. The summed E-state index contributed by atoms with van der Waals surface area (Å²) in [4.78, 5) is 3.11. The van der Waals surface area contributed by atoms with Crippen LogP contribution in [0.4, 0.5) is 17.6 Å². The molecule has 1 aromatic rings. The molecule has 0 amide bonds. The van der Waals surface area contributed by atoms with Crippen molar-refractivity contribution in [3.8, 4) is 0 Å². The van der Waals surface area contributed by atoms with Crippen molar-refractivity contribution in [1.82, 2.24) is 4.98 Å². The van der Waals surface area contributed by atoms with E-state index in [1.165, 1.54) is 6.07 Å². The third-order valence-corrected chi connectivity index (χ3v) is 2.23. The standard InChI is InChI=1S/C6H2F4INS/c7-4-1-3(2-5(11)12-4)13-6(8,9)10/h1-2H. The lowest BCUT2D eigenvalue weighted by Gasteiger charge is -2.04. The number of rotatable bonds is 1. The molecule has 0 saturated carbocycles. The minimum Gasteiger partial charge on any atom is -0.214 e. The quantitative estimate of drug-likeness (QED) is 0.340. The van der Waals surface area contributed by atoms with E-state index in [0.29, 0.717) is 0 Å². The van der Waals surface area contributed by atoms with Gasteiger partial charge in [-0.15, -0.1) is 0 Å². The minimum atomic E-state index is -4.39. The summed E-state index contributed by atoms with van der Waals surface area (Å²) in [5.41, 5.74) is -4.39. The summed E-state index contributed by atoms with van der Waals surface area (Å²) < 4.78 is 48.2. The second kappa shape index (κ2) is 3.99. The maximum atomic E-state index is 12.5. The molecule has 13 heavy (non-hydrogen) atoms. The first kappa shape index (κ1) is 11.0. The van der Waals surface area contributed by atoms with Crippen molar-refractivity contribution >= 4 is 34.4 Å². The lowest BCUT2D eigenvalue weighted by Crippen LogP contribution is -2.00. The highest BCUT2D eigenvalue weighted by molar-refractivity contribution is 14.1. The zero-order valence-electron chi connectivity index (χ0n) is 5.90. The molecule has 0 aliphatic carbocycles. The van der Waals surface area contributed by atoms with Gasteiger partial charge in [-0.1, -0.05) is 0 Å². The Labute approximate surface area is 89.1 Å². The van der Waals surface area contributed by atoms with Gasteiger partial charge < -0.3 is 0 Å². The second-order valence-corrected chi connectivity index (χ2v) is 4.24. The Morgan fingerprint density at radius 1 is 1.31 bits per heavy atom. The maximum absolute atomic E-state index is 12.5. The van der Waals surface area contributed by atoms with E-state index < -0.39 is 11.5 Å². The number of hydrogen-bond donors (Lipinski definition) is 0. The predicted octanol–water partition coefficient (Wildman–Crippen LogP) is 3.44. The summed E-state index contributed by atoms with van der Waals surface area (Å²) in [5, 5.41) is 0. The Kier molecular flexibility index (Phi) is 3.38. The number of pyridine rings is 1. The van der Waals surface area contributed by atoms with Crippen LogP contribution in [0.1, 0.15) is 0 Å². The summed E-state index contributed by atoms with van der Waals surface area (Å²) >= 11 is 1.30. The van der Waals surface area contributed by atoms with Crippen molar-refractivity contribution in [1.29, 1.82) is 0 Å². The molecule has 1 aromatic heterocycles. The Morgan fingerprint density at radius 2 is 1.92 bits per heavy atom. The van der Waals surface area contributed by atoms with E-state index in [0.717, 1.165) is 6.07 Å². The van der Waals surface area contributed by atoms with Crippen LogP contribution in [0.15, 0.2) is 17.0 Å². The van der Waals surface area contributed by atoms with Crippen molar-refractivity contribution in [2.75, 3.05) is 0 Å². The van der Waals surface area contributed by atoms with Crippen molar-refractivity contribution in [2.24, 2.45) is 0 Å². The van der Waals surface area contributed by atoms with Gasteiger partial charge >= 0.3 is 5.51 Å². The van der Waals surface area contributed by atoms with E-state index in [4.69, 9.17) is 0 Å². The normalized spacial score (nSPS) is 11.8. The molecule has 7 heteroatoms. The fourth-order valence-corrected chi connectivity index (χ4v) is 2.01. The van der Waals surface area contributed by atoms with Crippen LogP contribution in [-0.2, 0) is 0 Å². The molecular formula is C6H2F4INS. The molecule has 0 aliphatic rings. The van der Waals surface area contributed by atoms with Gasteiger partial charge in [-0.25, -0.2) is 4.98 Å². The summed E-state index contributed by atoms with van der Waals surface area (Å²) in [7, 11) is 0. The summed E-state index contributed by atoms with van der Waals surface area (Å²) in [6, 6.07) is 1.92. The molecule has 0 atom stereocenters. The summed E-state index contributed by atoms with van der Waals surface area (Å²) in [5.74, 6) is -0.904. The monoisotopic (exact) mass is 323 g/mol. The van der Waals surface area contributed by atoms with E-state index in [2.05, 4.69) is 4.98 Å². The fourth-order valence-electron chi connectivity index (χ4n) is 0.636. The minimum absolute atomic E-state index is 0.190. The Morgan fingerprint density at radius 3 is 2.38 bits per heavy atom. The SMILES string of the molecule is Fc1cc(SC(F)(F)F)cc(I)n1. The van der Waals surface area contributed by atoms with Crippen LogP contribution < -0.4 is 0 Å². The number of thioether (sulfide) groups is 1.